The number of amides is 1. The van der Waals surface area contributed by atoms with Crippen molar-refractivity contribution in [3.8, 4) is 0 Å². The lowest BCUT2D eigenvalue weighted by Crippen LogP contribution is -2.18. The van der Waals surface area contributed by atoms with Crippen molar-refractivity contribution in [3.05, 3.63) is 65.5 Å². The van der Waals surface area contributed by atoms with Crippen LogP contribution in [0.5, 0.6) is 0 Å². The quantitative estimate of drug-likeness (QED) is 0.504. The minimum atomic E-state index is -0.344. The van der Waals surface area contributed by atoms with Crippen molar-refractivity contribution in [1.82, 2.24) is 5.43 Å². The number of carbonyl (C=O) groups is 1. The molecule has 0 aliphatic rings. The summed E-state index contributed by atoms with van der Waals surface area (Å²) < 4.78 is 12.7. The number of hydrogen-bond donors (Lipinski definition) is 2. The molecule has 0 atom stereocenters. The summed E-state index contributed by atoms with van der Waals surface area (Å²) in [5.41, 5.74) is 3.53. The van der Waals surface area contributed by atoms with Gasteiger partial charge in [-0.25, -0.2) is 9.82 Å². The Morgan fingerprint density at radius 1 is 1.16 bits per heavy atom. The number of nitrogens with zero attached hydrogens (tertiary/aromatic N) is 1. The lowest BCUT2D eigenvalue weighted by Gasteiger charge is -2.02. The SMILES string of the molecule is O=C(NN=Cc1ccc(F)cc1)c1ccccc1S. The van der Waals surface area contributed by atoms with E-state index in [-0.39, 0.29) is 11.7 Å². The van der Waals surface area contributed by atoms with Crippen molar-refractivity contribution in [2.45, 2.75) is 4.90 Å². The number of carbonyl (C=O) groups excluding carboxylic acids is 1. The molecule has 0 heterocycles. The first-order valence-corrected chi connectivity index (χ1v) is 5.98. The van der Waals surface area contributed by atoms with E-state index in [2.05, 4.69) is 23.2 Å². The standard InChI is InChI=1S/C14H11FN2OS/c15-11-7-5-10(6-8-11)9-16-17-14(18)12-3-1-2-4-13(12)19/h1-9,19H,(H,17,18). The average Bonchev–Trinajstić information content (AvgIpc) is 2.41. The molecule has 5 heteroatoms. The third-order valence-electron chi connectivity index (χ3n) is 2.40. The predicted molar refractivity (Wildman–Crippen MR) is 75.2 cm³/mol. The molecule has 0 radical (unpaired) electrons. The first-order valence-electron chi connectivity index (χ1n) is 5.54. The van der Waals surface area contributed by atoms with Crippen LogP contribution in [0, 0.1) is 5.82 Å². The molecular weight excluding hydrogens is 263 g/mol. The van der Waals surface area contributed by atoms with Gasteiger partial charge >= 0.3 is 0 Å². The highest BCUT2D eigenvalue weighted by Gasteiger charge is 2.06. The zero-order valence-corrected chi connectivity index (χ0v) is 10.8. The summed E-state index contributed by atoms with van der Waals surface area (Å²) in [5.74, 6) is -0.658. The molecule has 0 saturated carbocycles. The van der Waals surface area contributed by atoms with E-state index in [1.54, 1.807) is 36.4 Å². The number of nitrogens with one attached hydrogen (secondary N) is 1. The monoisotopic (exact) mass is 274 g/mol. The topological polar surface area (TPSA) is 41.5 Å². The van der Waals surface area contributed by atoms with Crippen LogP contribution in [-0.4, -0.2) is 12.1 Å². The molecule has 3 nitrogen and oxygen atoms in total. The van der Waals surface area contributed by atoms with Crippen molar-refractivity contribution in [2.75, 3.05) is 0 Å². The van der Waals surface area contributed by atoms with E-state index in [0.29, 0.717) is 16.0 Å². The number of benzene rings is 2. The van der Waals surface area contributed by atoms with Crippen molar-refractivity contribution < 1.29 is 9.18 Å². The molecule has 0 bridgehead atoms. The highest BCUT2D eigenvalue weighted by atomic mass is 32.1. The Hall–Kier alpha value is -2.14. The van der Waals surface area contributed by atoms with Crippen molar-refractivity contribution in [2.24, 2.45) is 5.10 Å². The van der Waals surface area contributed by atoms with Crippen LogP contribution in [0.2, 0.25) is 0 Å². The molecule has 96 valence electrons. The molecule has 2 aromatic carbocycles. The number of hydrogen-bond acceptors (Lipinski definition) is 3. The summed E-state index contributed by atoms with van der Waals surface area (Å²) in [7, 11) is 0. The van der Waals surface area contributed by atoms with Gasteiger partial charge in [0.2, 0.25) is 0 Å². The third-order valence-corrected chi connectivity index (χ3v) is 2.79. The Balaban J connectivity index is 2.01. The van der Waals surface area contributed by atoms with Gasteiger partial charge in [-0.3, -0.25) is 4.79 Å². The smallest absolute Gasteiger partial charge is 0.267 e. The average molecular weight is 274 g/mol. The molecule has 0 aromatic heterocycles. The third kappa shape index (κ3) is 3.66. The summed E-state index contributed by atoms with van der Waals surface area (Å²) in [6.07, 6.45) is 1.44. The fraction of sp³-hybridized carbons (Fsp3) is 0. The number of thiol groups is 1. The predicted octanol–water partition coefficient (Wildman–Crippen LogP) is 2.88. The van der Waals surface area contributed by atoms with Crippen LogP contribution in [0.1, 0.15) is 15.9 Å². The zero-order valence-electron chi connectivity index (χ0n) is 9.88. The van der Waals surface area contributed by atoms with E-state index in [1.165, 1.54) is 18.3 Å². The van der Waals surface area contributed by atoms with E-state index in [9.17, 15) is 9.18 Å². The number of hydrazone groups is 1. The van der Waals surface area contributed by atoms with Crippen LogP contribution in [0.15, 0.2) is 58.5 Å². The lowest BCUT2D eigenvalue weighted by atomic mass is 10.2. The molecule has 2 aromatic rings. The summed E-state index contributed by atoms with van der Waals surface area (Å²) in [6, 6.07) is 12.7. The van der Waals surface area contributed by atoms with Gasteiger partial charge in [-0.1, -0.05) is 24.3 Å². The highest BCUT2D eigenvalue weighted by Crippen LogP contribution is 2.12. The Morgan fingerprint density at radius 3 is 2.53 bits per heavy atom. The Bertz CT molecular complexity index is 611. The van der Waals surface area contributed by atoms with E-state index in [0.717, 1.165) is 0 Å². The molecule has 0 aliphatic carbocycles. The van der Waals surface area contributed by atoms with Gasteiger partial charge in [-0.15, -0.1) is 12.6 Å². The van der Waals surface area contributed by atoms with E-state index < -0.39 is 0 Å². The number of halogens is 1. The molecular formula is C14H11FN2OS. The summed E-state index contributed by atoms with van der Waals surface area (Å²) >= 11 is 4.19. The van der Waals surface area contributed by atoms with Crippen molar-refractivity contribution >= 4 is 24.8 Å². The molecule has 0 fully saturated rings. The van der Waals surface area contributed by atoms with Crippen LogP contribution in [0.3, 0.4) is 0 Å². The maximum atomic E-state index is 12.7. The van der Waals surface area contributed by atoms with Gasteiger partial charge in [0.1, 0.15) is 5.82 Å². The maximum absolute atomic E-state index is 12.7. The molecule has 1 N–H and O–H groups in total. The van der Waals surface area contributed by atoms with E-state index in [1.807, 2.05) is 0 Å². The summed E-state index contributed by atoms with van der Waals surface area (Å²) in [4.78, 5) is 12.4. The second kappa shape index (κ2) is 6.15. The minimum Gasteiger partial charge on any atom is -0.267 e. The minimum absolute atomic E-state index is 0.315. The summed E-state index contributed by atoms with van der Waals surface area (Å²) in [5, 5.41) is 3.81. The van der Waals surface area contributed by atoms with Gasteiger partial charge in [0.05, 0.1) is 11.8 Å². The largest absolute Gasteiger partial charge is 0.272 e. The first-order chi connectivity index (χ1) is 9.16. The van der Waals surface area contributed by atoms with Gasteiger partial charge in [0, 0.05) is 4.90 Å². The Labute approximate surface area is 115 Å². The molecule has 0 spiro atoms. The Kier molecular flexibility index (Phi) is 4.30. The molecule has 0 saturated heterocycles. The van der Waals surface area contributed by atoms with Crippen molar-refractivity contribution in [3.63, 3.8) is 0 Å². The zero-order chi connectivity index (χ0) is 13.7. The van der Waals surface area contributed by atoms with Crippen LogP contribution < -0.4 is 5.43 Å². The fourth-order valence-electron chi connectivity index (χ4n) is 1.44. The van der Waals surface area contributed by atoms with E-state index in [4.69, 9.17) is 0 Å². The first kappa shape index (κ1) is 13.3. The van der Waals surface area contributed by atoms with Crippen LogP contribution in [0.4, 0.5) is 4.39 Å². The Morgan fingerprint density at radius 2 is 1.84 bits per heavy atom. The molecule has 1 amide bonds. The van der Waals surface area contributed by atoms with Crippen LogP contribution >= 0.6 is 12.6 Å². The second-order valence-corrected chi connectivity index (χ2v) is 4.25. The van der Waals surface area contributed by atoms with Crippen LogP contribution in [0.25, 0.3) is 0 Å². The highest BCUT2D eigenvalue weighted by molar-refractivity contribution is 7.80. The van der Waals surface area contributed by atoms with Gasteiger partial charge in [-0.2, -0.15) is 5.10 Å². The maximum Gasteiger partial charge on any atom is 0.272 e. The van der Waals surface area contributed by atoms with Gasteiger partial charge in [0.15, 0.2) is 0 Å². The van der Waals surface area contributed by atoms with Gasteiger partial charge in [-0.05, 0) is 29.8 Å². The second-order valence-electron chi connectivity index (χ2n) is 3.77. The number of rotatable bonds is 3. The van der Waals surface area contributed by atoms with Gasteiger partial charge in [0.25, 0.3) is 5.91 Å². The van der Waals surface area contributed by atoms with Gasteiger partial charge < -0.3 is 0 Å². The molecule has 0 aliphatic heterocycles. The van der Waals surface area contributed by atoms with Crippen LogP contribution in [-0.2, 0) is 0 Å². The van der Waals surface area contributed by atoms with E-state index >= 15 is 0 Å². The fourth-order valence-corrected chi connectivity index (χ4v) is 1.70. The lowest BCUT2D eigenvalue weighted by molar-refractivity contribution is 0.0952. The molecule has 19 heavy (non-hydrogen) atoms. The molecule has 0 unspecified atom stereocenters. The normalized spacial score (nSPS) is 10.6. The summed E-state index contributed by atoms with van der Waals surface area (Å²) in [6.45, 7) is 0. The van der Waals surface area contributed by atoms with Crippen molar-refractivity contribution in [1.29, 1.82) is 0 Å². The molecule has 2 rings (SSSR count).